The third-order valence-electron chi connectivity index (χ3n) is 7.90. The average Bonchev–Trinajstić information content (AvgIpc) is 2.98. The van der Waals surface area contributed by atoms with E-state index in [0.717, 1.165) is 77.0 Å². The van der Waals surface area contributed by atoms with Gasteiger partial charge in [-0.1, -0.05) is 99.3 Å². The molecule has 0 heterocycles. The topological polar surface area (TPSA) is 103 Å². The van der Waals surface area contributed by atoms with E-state index in [4.69, 9.17) is 14.2 Å². The molecule has 0 spiro atoms. The molecule has 0 aromatic rings. The maximum atomic E-state index is 13.0. The van der Waals surface area contributed by atoms with Crippen LogP contribution in [0.15, 0.2) is 0 Å². The Balaban J connectivity index is 4.68. The normalized spacial score (nSPS) is 14.2. The first-order valence-corrected chi connectivity index (χ1v) is 16.8. The van der Waals surface area contributed by atoms with E-state index < -0.39 is 12.0 Å². The van der Waals surface area contributed by atoms with E-state index >= 15 is 0 Å². The molecular formula is C33H64N2O6. The fraction of sp³-hybridized carbons (Fsp3) is 0.909. The van der Waals surface area contributed by atoms with Gasteiger partial charge in [0.25, 0.3) is 0 Å². The summed E-state index contributed by atoms with van der Waals surface area (Å²) in [4.78, 5) is 37.7. The second kappa shape index (κ2) is 27.2. The average molecular weight is 585 g/mol. The van der Waals surface area contributed by atoms with E-state index in [-0.39, 0.29) is 18.4 Å². The maximum absolute atomic E-state index is 13.0. The van der Waals surface area contributed by atoms with E-state index in [0.29, 0.717) is 63.6 Å². The zero-order valence-corrected chi connectivity index (χ0v) is 27.4. The van der Waals surface area contributed by atoms with Crippen molar-refractivity contribution in [2.75, 3.05) is 39.5 Å². The molecule has 4 atom stereocenters. The van der Waals surface area contributed by atoms with Crippen molar-refractivity contribution >= 4 is 17.9 Å². The van der Waals surface area contributed by atoms with Gasteiger partial charge in [-0.25, -0.2) is 0 Å². The van der Waals surface area contributed by atoms with Gasteiger partial charge in [-0.3, -0.25) is 14.4 Å². The smallest absolute Gasteiger partial charge is 0.323 e. The lowest BCUT2D eigenvalue weighted by atomic mass is 10.0. The molecule has 8 heteroatoms. The van der Waals surface area contributed by atoms with Crippen LogP contribution in [0, 0.1) is 17.8 Å². The van der Waals surface area contributed by atoms with Gasteiger partial charge in [-0.2, -0.15) is 0 Å². The molecule has 0 bridgehead atoms. The monoisotopic (exact) mass is 584 g/mol. The van der Waals surface area contributed by atoms with Gasteiger partial charge in [0.2, 0.25) is 0 Å². The van der Waals surface area contributed by atoms with Crippen molar-refractivity contribution in [1.29, 1.82) is 0 Å². The summed E-state index contributed by atoms with van der Waals surface area (Å²) in [5.41, 5.74) is 0. The molecule has 0 radical (unpaired) electrons. The lowest BCUT2D eigenvalue weighted by Crippen LogP contribution is -2.43. The molecule has 0 aliphatic carbocycles. The first kappa shape index (κ1) is 39.3. The first-order chi connectivity index (χ1) is 19.8. The summed E-state index contributed by atoms with van der Waals surface area (Å²) in [5, 5.41) is 6.39. The van der Waals surface area contributed by atoms with Gasteiger partial charge >= 0.3 is 17.9 Å². The van der Waals surface area contributed by atoms with Crippen molar-refractivity contribution in [1.82, 2.24) is 10.6 Å². The molecule has 4 unspecified atom stereocenters. The van der Waals surface area contributed by atoms with E-state index in [1.807, 2.05) is 0 Å². The predicted octanol–water partition coefficient (Wildman–Crippen LogP) is 6.59. The summed E-state index contributed by atoms with van der Waals surface area (Å²) >= 11 is 0. The highest BCUT2D eigenvalue weighted by Crippen LogP contribution is 2.16. The third-order valence-corrected chi connectivity index (χ3v) is 7.90. The molecule has 0 aromatic carbocycles. The molecule has 0 saturated carbocycles. The molecule has 2 N–H and O–H groups in total. The zero-order chi connectivity index (χ0) is 30.7. The standard InChI is InChI=1S/C33H64N2O6/c1-7-13-16-27(10-4)24-39-31(36)19-20-34-21-22-35-30(33(38)41-26-29(12-6)18-15-9-3)23-32(37)40-25-28(11-5)17-14-8-2/h27-30,34-35H,7-26H2,1-6H3. The largest absolute Gasteiger partial charge is 0.465 e. The molecular weight excluding hydrogens is 520 g/mol. The van der Waals surface area contributed by atoms with Crippen LogP contribution in [-0.4, -0.2) is 63.4 Å². The number of nitrogens with one attached hydrogen (secondary N) is 2. The van der Waals surface area contributed by atoms with Gasteiger partial charge in [-0.15, -0.1) is 0 Å². The summed E-state index contributed by atoms with van der Waals surface area (Å²) in [5.74, 6) is 0.127. The van der Waals surface area contributed by atoms with Crippen molar-refractivity contribution in [3.63, 3.8) is 0 Å². The Kier molecular flexibility index (Phi) is 26.1. The number of unbranched alkanes of at least 4 members (excludes halogenated alkanes) is 3. The Bertz CT molecular complexity index is 660. The van der Waals surface area contributed by atoms with Crippen molar-refractivity contribution in [3.8, 4) is 0 Å². The van der Waals surface area contributed by atoms with Gasteiger partial charge in [0, 0.05) is 19.6 Å². The SMILES string of the molecule is CCCCC(CC)COC(=O)CCNCCNC(CC(=O)OCC(CC)CCCC)C(=O)OCC(CC)CCCC. The second-order valence-electron chi connectivity index (χ2n) is 11.5. The molecule has 0 aromatic heterocycles. The fourth-order valence-corrected chi connectivity index (χ4v) is 4.60. The summed E-state index contributed by atoms with van der Waals surface area (Å²) in [6.07, 6.45) is 13.1. The highest BCUT2D eigenvalue weighted by atomic mass is 16.5. The summed E-state index contributed by atoms with van der Waals surface area (Å²) in [6.45, 7) is 15.6. The van der Waals surface area contributed by atoms with Crippen LogP contribution in [0.5, 0.6) is 0 Å². The second-order valence-corrected chi connectivity index (χ2v) is 11.5. The lowest BCUT2D eigenvalue weighted by Gasteiger charge is -2.21. The number of hydrogen-bond donors (Lipinski definition) is 2. The summed E-state index contributed by atoms with van der Waals surface area (Å²) in [7, 11) is 0. The number of carbonyl (C=O) groups excluding carboxylic acids is 3. The van der Waals surface area contributed by atoms with Crippen molar-refractivity contribution in [2.24, 2.45) is 17.8 Å². The van der Waals surface area contributed by atoms with Crippen LogP contribution in [0.25, 0.3) is 0 Å². The highest BCUT2D eigenvalue weighted by Gasteiger charge is 2.25. The minimum absolute atomic E-state index is 0.0578. The van der Waals surface area contributed by atoms with E-state index in [1.165, 1.54) is 0 Å². The molecule has 0 aliphatic heterocycles. The fourth-order valence-electron chi connectivity index (χ4n) is 4.60. The van der Waals surface area contributed by atoms with Crippen LogP contribution in [0.3, 0.4) is 0 Å². The van der Waals surface area contributed by atoms with Gasteiger partial charge in [0.15, 0.2) is 0 Å². The van der Waals surface area contributed by atoms with E-state index in [2.05, 4.69) is 52.2 Å². The lowest BCUT2D eigenvalue weighted by molar-refractivity contribution is -0.154. The molecule has 8 nitrogen and oxygen atoms in total. The predicted molar refractivity (Wildman–Crippen MR) is 167 cm³/mol. The summed E-state index contributed by atoms with van der Waals surface area (Å²) < 4.78 is 16.7. The van der Waals surface area contributed by atoms with Crippen LogP contribution < -0.4 is 10.6 Å². The van der Waals surface area contributed by atoms with Crippen LogP contribution in [0.4, 0.5) is 0 Å². The Hall–Kier alpha value is -1.67. The molecule has 0 saturated heterocycles. The summed E-state index contributed by atoms with van der Waals surface area (Å²) in [6, 6.07) is -0.761. The Morgan fingerprint density at radius 3 is 1.51 bits per heavy atom. The van der Waals surface area contributed by atoms with Crippen molar-refractivity contribution in [2.45, 2.75) is 137 Å². The van der Waals surface area contributed by atoms with Crippen LogP contribution in [0.2, 0.25) is 0 Å². The first-order valence-electron chi connectivity index (χ1n) is 16.8. The van der Waals surface area contributed by atoms with Crippen molar-refractivity contribution < 1.29 is 28.6 Å². The minimum Gasteiger partial charge on any atom is -0.465 e. The maximum Gasteiger partial charge on any atom is 0.323 e. The van der Waals surface area contributed by atoms with Gasteiger partial charge in [0.1, 0.15) is 6.04 Å². The Morgan fingerprint density at radius 2 is 1.05 bits per heavy atom. The third kappa shape index (κ3) is 21.7. The molecule has 0 rings (SSSR count). The Morgan fingerprint density at radius 1 is 0.585 bits per heavy atom. The zero-order valence-electron chi connectivity index (χ0n) is 27.4. The van der Waals surface area contributed by atoms with Crippen LogP contribution in [-0.2, 0) is 28.6 Å². The number of esters is 3. The van der Waals surface area contributed by atoms with Crippen LogP contribution in [0.1, 0.15) is 131 Å². The number of rotatable bonds is 28. The van der Waals surface area contributed by atoms with Gasteiger partial charge in [0.05, 0.1) is 32.7 Å². The molecule has 41 heavy (non-hydrogen) atoms. The van der Waals surface area contributed by atoms with Gasteiger partial charge < -0.3 is 24.8 Å². The molecule has 0 fully saturated rings. The molecule has 0 aliphatic rings. The van der Waals surface area contributed by atoms with Crippen molar-refractivity contribution in [3.05, 3.63) is 0 Å². The minimum atomic E-state index is -0.761. The molecule has 0 amide bonds. The van der Waals surface area contributed by atoms with E-state index in [9.17, 15) is 14.4 Å². The Labute approximate surface area is 251 Å². The van der Waals surface area contributed by atoms with E-state index in [1.54, 1.807) is 0 Å². The number of ether oxygens (including phenoxy) is 3. The quantitative estimate of drug-likeness (QED) is 0.0603. The van der Waals surface area contributed by atoms with Gasteiger partial charge in [-0.05, 0) is 37.0 Å². The number of carbonyl (C=O) groups is 3. The van der Waals surface area contributed by atoms with Crippen LogP contribution >= 0.6 is 0 Å². The molecule has 242 valence electrons. The number of hydrogen-bond acceptors (Lipinski definition) is 8. The highest BCUT2D eigenvalue weighted by molar-refractivity contribution is 5.82.